The van der Waals surface area contributed by atoms with Crippen molar-refractivity contribution in [3.63, 3.8) is 0 Å². The van der Waals surface area contributed by atoms with Gasteiger partial charge in [-0.15, -0.1) is 5.10 Å². The van der Waals surface area contributed by atoms with Crippen molar-refractivity contribution in [2.24, 2.45) is 5.73 Å². The normalized spacial score (nSPS) is 17.6. The average molecular weight is 634 g/mol. The number of hydrogen-bond acceptors (Lipinski definition) is 8. The molecule has 0 fully saturated rings. The van der Waals surface area contributed by atoms with Crippen LogP contribution in [0.1, 0.15) is 67.3 Å². The van der Waals surface area contributed by atoms with E-state index in [1.54, 1.807) is 13.0 Å². The molecule has 2 aromatic carbocycles. The van der Waals surface area contributed by atoms with Crippen LogP contribution in [0.4, 0.5) is 0 Å². The Morgan fingerprint density at radius 1 is 1.16 bits per heavy atom. The maximum atomic E-state index is 13.8. The lowest BCUT2D eigenvalue weighted by Gasteiger charge is -2.25. The second-order valence-electron chi connectivity index (χ2n) is 11.4. The van der Waals surface area contributed by atoms with Gasteiger partial charge in [0, 0.05) is 31.6 Å². The molecule has 3 heterocycles. The molecule has 238 valence electrons. The van der Waals surface area contributed by atoms with Crippen LogP contribution in [-0.4, -0.2) is 63.2 Å². The molecule has 45 heavy (non-hydrogen) atoms. The van der Waals surface area contributed by atoms with Gasteiger partial charge in [0.25, 0.3) is 0 Å². The number of hydrogen-bond donors (Lipinski definition) is 2. The number of carbonyl (C=O) groups is 2. The quantitative estimate of drug-likeness (QED) is 0.269. The zero-order chi connectivity index (χ0) is 32.5. The van der Waals surface area contributed by atoms with E-state index in [-0.39, 0.29) is 42.3 Å². The van der Waals surface area contributed by atoms with E-state index >= 15 is 0 Å². The molecule has 2 aromatic heterocycles. The summed E-state index contributed by atoms with van der Waals surface area (Å²) >= 11 is 0. The van der Waals surface area contributed by atoms with Gasteiger partial charge >= 0.3 is 0 Å². The minimum Gasteiger partial charge on any atom is -0.472 e. The van der Waals surface area contributed by atoms with Gasteiger partial charge in [-0.2, -0.15) is 4.31 Å². The summed E-state index contributed by atoms with van der Waals surface area (Å²) in [7, 11) is -3.91. The van der Waals surface area contributed by atoms with Crippen molar-refractivity contribution >= 4 is 32.9 Å². The van der Waals surface area contributed by atoms with E-state index < -0.39 is 27.9 Å². The maximum Gasteiger partial charge on any atom is 0.248 e. The first-order valence-electron chi connectivity index (χ1n) is 15.1. The van der Waals surface area contributed by atoms with E-state index in [0.29, 0.717) is 13.0 Å². The van der Waals surface area contributed by atoms with Gasteiger partial charge in [0.1, 0.15) is 22.6 Å². The third kappa shape index (κ3) is 6.40. The number of carbonyl (C=O) groups excluding carboxylic acids is 2. The van der Waals surface area contributed by atoms with Gasteiger partial charge < -0.3 is 15.8 Å². The Morgan fingerprint density at radius 2 is 1.93 bits per heavy atom. The van der Waals surface area contributed by atoms with Gasteiger partial charge in [-0.1, -0.05) is 36.4 Å². The molecule has 0 aliphatic carbocycles. The second kappa shape index (κ2) is 12.9. The zero-order valence-corrected chi connectivity index (χ0v) is 27.0. The summed E-state index contributed by atoms with van der Waals surface area (Å²) in [6.07, 6.45) is 1.79. The molecule has 1 aliphatic rings. The van der Waals surface area contributed by atoms with Gasteiger partial charge in [0.15, 0.2) is 0 Å². The van der Waals surface area contributed by atoms with Gasteiger partial charge in [0.2, 0.25) is 27.7 Å². The summed E-state index contributed by atoms with van der Waals surface area (Å²) in [4.78, 5) is 29.2. The fourth-order valence-corrected chi connectivity index (χ4v) is 7.23. The summed E-state index contributed by atoms with van der Waals surface area (Å²) in [6.45, 7) is 10.3. The topological polar surface area (TPSA) is 162 Å². The van der Waals surface area contributed by atoms with Gasteiger partial charge in [-0.3, -0.25) is 9.59 Å². The van der Waals surface area contributed by atoms with E-state index in [4.69, 9.17) is 10.5 Å². The number of nitrogens with one attached hydrogen (secondary N) is 1. The van der Waals surface area contributed by atoms with Crippen molar-refractivity contribution in [2.75, 3.05) is 6.54 Å². The fourth-order valence-electron chi connectivity index (χ4n) is 5.71. The third-order valence-corrected chi connectivity index (χ3v) is 10.3. The molecule has 1 aliphatic heterocycles. The minimum absolute atomic E-state index is 0.0290. The summed E-state index contributed by atoms with van der Waals surface area (Å²) in [5.41, 5.74) is 11.3. The monoisotopic (exact) mass is 633 g/mol. The molecule has 12 nitrogen and oxygen atoms in total. The Hall–Kier alpha value is -4.36. The summed E-state index contributed by atoms with van der Waals surface area (Å²) in [5, 5.41) is 11.4. The Morgan fingerprint density at radius 3 is 2.64 bits per heavy atom. The van der Waals surface area contributed by atoms with Crippen molar-refractivity contribution in [3.05, 3.63) is 76.5 Å². The third-order valence-electron chi connectivity index (χ3n) is 8.47. The number of aryl methyl sites for hydroxylation is 3. The molecule has 13 heteroatoms. The van der Waals surface area contributed by atoms with Gasteiger partial charge in [-0.05, 0) is 80.1 Å². The van der Waals surface area contributed by atoms with Crippen LogP contribution in [0.15, 0.2) is 53.6 Å². The van der Waals surface area contributed by atoms with Crippen LogP contribution in [0.5, 0.6) is 5.88 Å². The number of fused-ring (bicyclic) bond motifs is 2. The van der Waals surface area contributed by atoms with Crippen LogP contribution in [0.3, 0.4) is 0 Å². The predicted molar refractivity (Wildman–Crippen MR) is 169 cm³/mol. The number of aromatic nitrogens is 4. The molecule has 5 rings (SSSR count). The van der Waals surface area contributed by atoms with E-state index in [2.05, 4.69) is 20.6 Å². The number of ether oxygens (including phenoxy) is 1. The van der Waals surface area contributed by atoms with Crippen LogP contribution in [0, 0.1) is 13.8 Å². The van der Waals surface area contributed by atoms with Crippen molar-refractivity contribution in [2.45, 2.75) is 83.5 Å². The first-order valence-corrected chi connectivity index (χ1v) is 16.5. The molecule has 0 saturated carbocycles. The van der Waals surface area contributed by atoms with Crippen molar-refractivity contribution in [1.29, 1.82) is 0 Å². The van der Waals surface area contributed by atoms with E-state index in [1.165, 1.54) is 16.6 Å². The first kappa shape index (κ1) is 32.0. The summed E-state index contributed by atoms with van der Waals surface area (Å²) < 4.78 is 36.9. The molecule has 3 N–H and O–H groups in total. The largest absolute Gasteiger partial charge is 0.472 e. The van der Waals surface area contributed by atoms with Crippen LogP contribution in [-0.2, 0) is 32.7 Å². The molecule has 0 spiro atoms. The summed E-state index contributed by atoms with van der Waals surface area (Å²) in [5.74, 6) is -1.29. The molecule has 0 saturated heterocycles. The number of benzene rings is 2. The molecular weight excluding hydrogens is 594 g/mol. The summed E-state index contributed by atoms with van der Waals surface area (Å²) in [6, 6.07) is 12.1. The van der Waals surface area contributed by atoms with Crippen LogP contribution < -0.4 is 15.8 Å². The molecule has 1 unspecified atom stereocenters. The van der Waals surface area contributed by atoms with Crippen LogP contribution in [0.2, 0.25) is 0 Å². The van der Waals surface area contributed by atoms with Gasteiger partial charge in [0.05, 0.1) is 12.1 Å². The number of rotatable bonds is 10. The van der Waals surface area contributed by atoms with E-state index in [1.807, 2.05) is 62.7 Å². The van der Waals surface area contributed by atoms with E-state index in [0.717, 1.165) is 38.9 Å². The highest BCUT2D eigenvalue weighted by molar-refractivity contribution is 7.89. The Labute approximate surface area is 263 Å². The lowest BCUT2D eigenvalue weighted by Crippen LogP contribution is -2.42. The Balaban J connectivity index is 1.56. The Bertz CT molecular complexity index is 1860. The number of amides is 2. The molecule has 2 amide bonds. The molecule has 4 aromatic rings. The number of sulfonamides is 1. The lowest BCUT2D eigenvalue weighted by atomic mass is 9.84. The zero-order valence-electron chi connectivity index (χ0n) is 26.1. The van der Waals surface area contributed by atoms with Crippen LogP contribution in [0.25, 0.3) is 11.0 Å². The Kier molecular flexibility index (Phi) is 9.21. The predicted octanol–water partition coefficient (Wildman–Crippen LogP) is 3.34. The average Bonchev–Trinajstić information content (AvgIpc) is 3.40. The highest BCUT2D eigenvalue weighted by atomic mass is 32.2. The number of nitrogens with two attached hydrogens (primary N) is 1. The number of primary amides is 1. The molecular formula is C32H39N7O5S. The van der Waals surface area contributed by atoms with Crippen molar-refractivity contribution in [3.8, 4) is 5.88 Å². The standard InChI is InChI=1S/C32H39N7O5S/c1-6-24-18-38(45(42,43)28-9-8-14-34-32(28)44-24)17-23-15-22(11-10-19(23)3)26(16-29(40)35-21(5)31(33)41)25-12-13-27-30(20(25)4)36-37-39(27)7-2/h8-15,21,24,26H,6-7,16-18H2,1-5H3,(H2,33,41)(H,35,40)/t21?,24-,26+/m1/s1. The maximum absolute atomic E-state index is 13.8. The fraction of sp³-hybridized carbons (Fsp3) is 0.406. The highest BCUT2D eigenvalue weighted by Gasteiger charge is 2.35. The van der Waals surface area contributed by atoms with Crippen molar-refractivity contribution < 1.29 is 22.7 Å². The van der Waals surface area contributed by atoms with Crippen molar-refractivity contribution in [1.82, 2.24) is 29.6 Å². The van der Waals surface area contributed by atoms with Gasteiger partial charge in [-0.25, -0.2) is 18.1 Å². The molecule has 0 radical (unpaired) electrons. The SMILES string of the molecule is CC[C@@H]1CN(Cc2cc([C@H](CC(=O)NC(C)C(N)=O)c3ccc4c(nnn4CC)c3C)ccc2C)S(=O)(=O)c2cccnc2O1. The minimum atomic E-state index is -3.91. The molecule has 3 atom stereocenters. The van der Waals surface area contributed by atoms with Crippen LogP contribution >= 0.6 is 0 Å². The first-order chi connectivity index (χ1) is 21.4. The second-order valence-corrected chi connectivity index (χ2v) is 13.3. The smallest absolute Gasteiger partial charge is 0.248 e. The highest BCUT2D eigenvalue weighted by Crippen LogP contribution is 2.36. The van der Waals surface area contributed by atoms with E-state index in [9.17, 15) is 18.0 Å². The lowest BCUT2D eigenvalue weighted by molar-refractivity contribution is -0.127. The number of pyridine rings is 1. The molecule has 0 bridgehead atoms. The number of nitrogens with zero attached hydrogens (tertiary/aromatic N) is 5.